The van der Waals surface area contributed by atoms with E-state index in [0.29, 0.717) is 18.3 Å². The van der Waals surface area contributed by atoms with Gasteiger partial charge >= 0.3 is 0 Å². The van der Waals surface area contributed by atoms with Gasteiger partial charge in [0.2, 0.25) is 11.7 Å². The van der Waals surface area contributed by atoms with Crippen LogP contribution in [0.4, 0.5) is 0 Å². The Morgan fingerprint density at radius 2 is 1.86 bits per heavy atom. The lowest BCUT2D eigenvalue weighted by Crippen LogP contribution is -2.30. The fourth-order valence-electron chi connectivity index (χ4n) is 2.46. The predicted molar refractivity (Wildman–Crippen MR) is 80.7 cm³/mol. The van der Waals surface area contributed by atoms with Crippen molar-refractivity contribution in [3.63, 3.8) is 0 Å². The largest absolute Gasteiger partial charge is 0.367 e. The highest BCUT2D eigenvalue weighted by Gasteiger charge is 2.35. The lowest BCUT2D eigenvalue weighted by Gasteiger charge is -2.27. The van der Waals surface area contributed by atoms with Crippen LogP contribution < -0.4 is 5.73 Å². The Morgan fingerprint density at radius 1 is 1.19 bits per heavy atom. The van der Waals surface area contributed by atoms with E-state index in [1.54, 1.807) is 0 Å². The molecule has 0 saturated carbocycles. The first-order chi connectivity index (χ1) is 10.2. The molecule has 5 nitrogen and oxygen atoms in total. The zero-order valence-electron chi connectivity index (χ0n) is 12.9. The second kappa shape index (κ2) is 6.83. The van der Waals surface area contributed by atoms with Gasteiger partial charge in [-0.2, -0.15) is 4.98 Å². The molecule has 1 aromatic heterocycles. The van der Waals surface area contributed by atoms with Crippen molar-refractivity contribution < 1.29 is 9.26 Å². The lowest BCUT2D eigenvalue weighted by molar-refractivity contribution is -0.0583. The summed E-state index contributed by atoms with van der Waals surface area (Å²) in [4.78, 5) is 4.49. The third-order valence-corrected chi connectivity index (χ3v) is 3.84. The Morgan fingerprint density at radius 3 is 2.43 bits per heavy atom. The highest BCUT2D eigenvalue weighted by Crippen LogP contribution is 2.32. The molecular formula is C16H23N3O2. The number of rotatable bonds is 7. The van der Waals surface area contributed by atoms with E-state index in [4.69, 9.17) is 15.0 Å². The SMILES string of the molecule is CCOC(CC)(CC)c1noc(C(N)c2ccccc2)n1. The van der Waals surface area contributed by atoms with E-state index in [0.717, 1.165) is 18.4 Å². The van der Waals surface area contributed by atoms with Gasteiger partial charge in [-0.05, 0) is 25.3 Å². The molecule has 2 rings (SSSR count). The highest BCUT2D eigenvalue weighted by atomic mass is 16.5. The molecule has 0 amide bonds. The summed E-state index contributed by atoms with van der Waals surface area (Å²) in [6.45, 7) is 6.70. The normalized spacial score (nSPS) is 13.3. The van der Waals surface area contributed by atoms with Gasteiger partial charge in [-0.15, -0.1) is 0 Å². The molecule has 0 bridgehead atoms. The molecule has 2 aromatic rings. The van der Waals surface area contributed by atoms with Crippen LogP contribution in [0, 0.1) is 0 Å². The van der Waals surface area contributed by atoms with Gasteiger partial charge in [0.15, 0.2) is 0 Å². The van der Waals surface area contributed by atoms with Crippen molar-refractivity contribution in [2.75, 3.05) is 6.61 Å². The van der Waals surface area contributed by atoms with Crippen LogP contribution in [0.3, 0.4) is 0 Å². The van der Waals surface area contributed by atoms with Crippen LogP contribution >= 0.6 is 0 Å². The molecule has 5 heteroatoms. The van der Waals surface area contributed by atoms with E-state index < -0.39 is 11.6 Å². The number of ether oxygens (including phenoxy) is 1. The molecule has 0 radical (unpaired) electrons. The molecule has 0 aliphatic heterocycles. The summed E-state index contributed by atoms with van der Waals surface area (Å²) in [6.07, 6.45) is 1.58. The zero-order valence-corrected chi connectivity index (χ0v) is 12.9. The summed E-state index contributed by atoms with van der Waals surface area (Å²) in [5.41, 5.74) is 6.65. The smallest absolute Gasteiger partial charge is 0.248 e. The maximum absolute atomic E-state index is 6.19. The standard InChI is InChI=1S/C16H23N3O2/c1-4-16(5-2,20-6-3)15-18-14(21-19-15)13(17)12-10-8-7-9-11-12/h7-11,13H,4-6,17H2,1-3H3. The van der Waals surface area contributed by atoms with Crippen molar-refractivity contribution in [2.45, 2.75) is 45.3 Å². The Kier molecular flexibility index (Phi) is 5.09. The predicted octanol–water partition coefficient (Wildman–Crippen LogP) is 3.17. The summed E-state index contributed by atoms with van der Waals surface area (Å²) in [6, 6.07) is 9.31. The summed E-state index contributed by atoms with van der Waals surface area (Å²) in [5, 5.41) is 4.10. The summed E-state index contributed by atoms with van der Waals surface area (Å²) >= 11 is 0. The fraction of sp³-hybridized carbons (Fsp3) is 0.500. The topological polar surface area (TPSA) is 74.2 Å². The van der Waals surface area contributed by atoms with E-state index >= 15 is 0 Å². The van der Waals surface area contributed by atoms with Gasteiger partial charge in [-0.25, -0.2) is 0 Å². The van der Waals surface area contributed by atoms with Gasteiger partial charge in [-0.1, -0.05) is 49.3 Å². The molecule has 0 spiro atoms. The van der Waals surface area contributed by atoms with Crippen LogP contribution in [0.2, 0.25) is 0 Å². The number of aromatic nitrogens is 2. The van der Waals surface area contributed by atoms with Gasteiger partial charge in [0.25, 0.3) is 0 Å². The average Bonchev–Trinajstić information content (AvgIpc) is 3.03. The molecule has 0 aliphatic rings. The minimum Gasteiger partial charge on any atom is -0.367 e. The van der Waals surface area contributed by atoms with E-state index in [2.05, 4.69) is 24.0 Å². The third kappa shape index (κ3) is 3.14. The Hall–Kier alpha value is -1.72. The fourth-order valence-corrected chi connectivity index (χ4v) is 2.46. The summed E-state index contributed by atoms with van der Waals surface area (Å²) < 4.78 is 11.3. The summed E-state index contributed by atoms with van der Waals surface area (Å²) in [7, 11) is 0. The first kappa shape index (κ1) is 15.7. The van der Waals surface area contributed by atoms with E-state index in [9.17, 15) is 0 Å². The van der Waals surface area contributed by atoms with Crippen molar-refractivity contribution in [3.8, 4) is 0 Å². The van der Waals surface area contributed by atoms with Gasteiger partial charge in [0.05, 0.1) is 0 Å². The number of hydrogen-bond acceptors (Lipinski definition) is 5. The first-order valence-corrected chi connectivity index (χ1v) is 7.45. The van der Waals surface area contributed by atoms with Crippen LogP contribution in [0.25, 0.3) is 0 Å². The number of nitrogens with zero attached hydrogens (tertiary/aromatic N) is 2. The van der Waals surface area contributed by atoms with Gasteiger partial charge in [0, 0.05) is 6.61 Å². The second-order valence-electron chi connectivity index (χ2n) is 4.98. The second-order valence-corrected chi connectivity index (χ2v) is 4.98. The van der Waals surface area contributed by atoms with E-state index in [-0.39, 0.29) is 0 Å². The Labute approximate surface area is 125 Å². The number of benzene rings is 1. The molecule has 0 fully saturated rings. The van der Waals surface area contributed by atoms with Crippen LogP contribution in [-0.4, -0.2) is 16.7 Å². The van der Waals surface area contributed by atoms with Gasteiger partial charge < -0.3 is 15.0 Å². The minimum atomic E-state index is -0.493. The molecule has 0 aliphatic carbocycles. The van der Waals surface area contributed by atoms with Crippen molar-refractivity contribution >= 4 is 0 Å². The number of hydrogen-bond donors (Lipinski definition) is 1. The quantitative estimate of drug-likeness (QED) is 0.847. The molecule has 1 unspecified atom stereocenters. The van der Waals surface area contributed by atoms with E-state index in [1.165, 1.54) is 0 Å². The Bertz CT molecular complexity index is 550. The van der Waals surface area contributed by atoms with Gasteiger partial charge in [0.1, 0.15) is 11.6 Å². The molecular weight excluding hydrogens is 266 g/mol. The van der Waals surface area contributed by atoms with Gasteiger partial charge in [-0.3, -0.25) is 0 Å². The maximum Gasteiger partial charge on any atom is 0.248 e. The average molecular weight is 289 g/mol. The monoisotopic (exact) mass is 289 g/mol. The molecule has 1 atom stereocenters. The van der Waals surface area contributed by atoms with E-state index in [1.807, 2.05) is 37.3 Å². The molecule has 0 saturated heterocycles. The molecule has 21 heavy (non-hydrogen) atoms. The maximum atomic E-state index is 6.19. The zero-order chi connectivity index (χ0) is 15.3. The Balaban J connectivity index is 2.28. The van der Waals surface area contributed by atoms with Crippen molar-refractivity contribution in [1.82, 2.24) is 10.1 Å². The van der Waals surface area contributed by atoms with Crippen molar-refractivity contribution in [3.05, 3.63) is 47.6 Å². The van der Waals surface area contributed by atoms with Crippen LogP contribution in [-0.2, 0) is 10.3 Å². The summed E-state index contributed by atoms with van der Waals surface area (Å²) in [5.74, 6) is 0.998. The van der Waals surface area contributed by atoms with Crippen LogP contribution in [0.5, 0.6) is 0 Å². The molecule has 1 aromatic carbocycles. The first-order valence-electron chi connectivity index (χ1n) is 7.45. The molecule has 114 valence electrons. The van der Waals surface area contributed by atoms with Crippen LogP contribution in [0.15, 0.2) is 34.9 Å². The third-order valence-electron chi connectivity index (χ3n) is 3.84. The van der Waals surface area contributed by atoms with Crippen molar-refractivity contribution in [1.29, 1.82) is 0 Å². The molecule has 1 heterocycles. The number of nitrogens with two attached hydrogens (primary N) is 1. The molecule has 2 N–H and O–H groups in total. The van der Waals surface area contributed by atoms with Crippen molar-refractivity contribution in [2.24, 2.45) is 5.73 Å². The lowest BCUT2D eigenvalue weighted by atomic mass is 9.96. The van der Waals surface area contributed by atoms with Crippen LogP contribution in [0.1, 0.15) is 56.9 Å². The minimum absolute atomic E-state index is 0.416. The highest BCUT2D eigenvalue weighted by molar-refractivity contribution is 5.23.